The number of H-pyrrole nitrogens is 1. The van der Waals surface area contributed by atoms with Gasteiger partial charge in [0, 0.05) is 25.1 Å². The summed E-state index contributed by atoms with van der Waals surface area (Å²) in [5.74, 6) is -0.0578. The molecule has 1 amide bonds. The first-order valence-corrected chi connectivity index (χ1v) is 24.7. The Hall–Kier alpha value is -5.77. The molecule has 5 aromatic rings. The molecule has 2 N–H and O–H groups in total. The lowest BCUT2D eigenvalue weighted by Gasteiger charge is -2.40. The van der Waals surface area contributed by atoms with Crippen molar-refractivity contribution in [1.82, 2.24) is 24.2 Å². The number of amides is 1. The Kier molecular flexibility index (Phi) is 18.3. The van der Waals surface area contributed by atoms with E-state index < -0.39 is 61.5 Å². The number of nitrogens with one attached hydrogen (secondary N) is 2. The highest BCUT2D eigenvalue weighted by Gasteiger charge is 2.52. The number of rotatable bonds is 24. The van der Waals surface area contributed by atoms with Crippen molar-refractivity contribution in [3.63, 3.8) is 0 Å². The summed E-state index contributed by atoms with van der Waals surface area (Å²) in [5.41, 5.74) is -0.440. The molecule has 6 rings (SSSR count). The Morgan fingerprint density at radius 2 is 1.49 bits per heavy atom. The van der Waals surface area contributed by atoms with Gasteiger partial charge in [0.25, 0.3) is 5.56 Å². The molecule has 5 atom stereocenters. The van der Waals surface area contributed by atoms with E-state index in [1.54, 1.807) is 53.6 Å². The van der Waals surface area contributed by atoms with Crippen LogP contribution in [0.5, 0.6) is 11.5 Å². The highest BCUT2D eigenvalue weighted by molar-refractivity contribution is 7.51. The van der Waals surface area contributed by atoms with Crippen molar-refractivity contribution < 1.29 is 47.3 Å². The van der Waals surface area contributed by atoms with Gasteiger partial charge < -0.3 is 37.7 Å². The minimum atomic E-state index is -1.85. The molecule has 0 aliphatic carbocycles. The van der Waals surface area contributed by atoms with Crippen molar-refractivity contribution in [2.24, 2.45) is 5.92 Å². The van der Waals surface area contributed by atoms with Gasteiger partial charge in [0.05, 0.1) is 52.9 Å². The topological polar surface area (TPSA) is 211 Å². The van der Waals surface area contributed by atoms with Crippen LogP contribution in [0, 0.1) is 17.2 Å². The van der Waals surface area contributed by atoms with Crippen LogP contribution in [-0.4, -0.2) is 119 Å². The maximum absolute atomic E-state index is 14.0. The fourth-order valence-electron chi connectivity index (χ4n) is 8.45. The molecule has 0 saturated carbocycles. The third-order valence-electron chi connectivity index (χ3n) is 11.7. The van der Waals surface area contributed by atoms with Crippen molar-refractivity contribution in [2.45, 2.75) is 110 Å². The number of methoxy groups -OCH3 is 3. The Morgan fingerprint density at radius 1 is 0.886 bits per heavy atom. The first-order valence-electron chi connectivity index (χ1n) is 23.3. The molecule has 18 nitrogen and oxygen atoms in total. The number of benzene rings is 3. The average Bonchev–Trinajstić information content (AvgIpc) is 3.90. The van der Waals surface area contributed by atoms with Gasteiger partial charge in [-0.25, -0.2) is 4.98 Å². The summed E-state index contributed by atoms with van der Waals surface area (Å²) in [6, 6.07) is 27.0. The number of carbonyl (C=O) groups excluding carboxylic acids is 2. The standard InChI is InChI=1S/C51H66N7O11P/c1-32(2)46(60)55-49-54-45-42(47(61)56-49)53-31-57(45)48-44(65-28-27-62-9)43(69-70(58(33(3)4)34(5)6)30-41(59)68-50(7,8)25-26-52)40(67-48)29-66-51(35-15-13-12-14-16-35,36-17-21-38(63-10)22-18-36)37-19-23-39(64-11)24-20-37/h12-24,31-34,40,43-44,48H,25,27-30H2,1-11H3,(H2,54,55,56,60,61). The molecule has 19 heteroatoms. The molecule has 0 bridgehead atoms. The lowest BCUT2D eigenvalue weighted by molar-refractivity contribution is -0.152. The molecule has 376 valence electrons. The third-order valence-corrected chi connectivity index (χ3v) is 14.2. The highest BCUT2D eigenvalue weighted by atomic mass is 31.2. The van der Waals surface area contributed by atoms with E-state index in [4.69, 9.17) is 37.7 Å². The zero-order valence-corrected chi connectivity index (χ0v) is 42.7. The van der Waals surface area contributed by atoms with Gasteiger partial charge >= 0.3 is 5.97 Å². The van der Waals surface area contributed by atoms with Crippen molar-refractivity contribution >= 4 is 37.3 Å². The van der Waals surface area contributed by atoms with E-state index in [0.29, 0.717) is 11.5 Å². The number of anilines is 1. The van der Waals surface area contributed by atoms with Crippen LogP contribution in [-0.2, 0) is 43.4 Å². The molecule has 2 aromatic heterocycles. The summed E-state index contributed by atoms with van der Waals surface area (Å²) >= 11 is 0. The van der Waals surface area contributed by atoms with Gasteiger partial charge in [0.2, 0.25) is 11.9 Å². The van der Waals surface area contributed by atoms with E-state index in [1.807, 2.05) is 107 Å². The predicted octanol–water partition coefficient (Wildman–Crippen LogP) is 7.72. The van der Waals surface area contributed by atoms with Crippen molar-refractivity contribution in [3.8, 4) is 17.6 Å². The number of carbonyl (C=O) groups is 2. The fourth-order valence-corrected chi connectivity index (χ4v) is 10.7. The lowest BCUT2D eigenvalue weighted by Crippen LogP contribution is -2.43. The lowest BCUT2D eigenvalue weighted by atomic mass is 9.80. The maximum atomic E-state index is 14.0. The Labute approximate surface area is 410 Å². The molecule has 5 unspecified atom stereocenters. The zero-order chi connectivity index (χ0) is 50.8. The number of hydrogen-bond acceptors (Lipinski definition) is 15. The molecule has 1 saturated heterocycles. The van der Waals surface area contributed by atoms with Crippen LogP contribution in [0.25, 0.3) is 11.2 Å². The highest BCUT2D eigenvalue weighted by Crippen LogP contribution is 2.51. The Bertz CT molecular complexity index is 2540. The van der Waals surface area contributed by atoms with Crippen LogP contribution < -0.4 is 20.3 Å². The van der Waals surface area contributed by atoms with Crippen LogP contribution in [0.3, 0.4) is 0 Å². The van der Waals surface area contributed by atoms with Crippen LogP contribution in [0.1, 0.15) is 84.7 Å². The smallest absolute Gasteiger partial charge is 0.314 e. The van der Waals surface area contributed by atoms with Crippen molar-refractivity contribution in [1.29, 1.82) is 5.26 Å². The number of ether oxygens (including phenoxy) is 7. The van der Waals surface area contributed by atoms with Gasteiger partial charge in [0.15, 0.2) is 17.4 Å². The second-order valence-corrected chi connectivity index (χ2v) is 20.0. The molecule has 1 aliphatic heterocycles. The summed E-state index contributed by atoms with van der Waals surface area (Å²) in [6.45, 7) is 15.1. The summed E-state index contributed by atoms with van der Waals surface area (Å²) in [7, 11) is 2.93. The van der Waals surface area contributed by atoms with E-state index in [2.05, 4.69) is 31.0 Å². The van der Waals surface area contributed by atoms with E-state index >= 15 is 0 Å². The van der Waals surface area contributed by atoms with Gasteiger partial charge in [-0.15, -0.1) is 0 Å². The second kappa shape index (κ2) is 23.9. The summed E-state index contributed by atoms with van der Waals surface area (Å²) in [5, 5.41) is 12.2. The average molecular weight is 984 g/mol. The quantitative estimate of drug-likeness (QED) is 0.0262. The predicted molar refractivity (Wildman–Crippen MR) is 265 cm³/mol. The van der Waals surface area contributed by atoms with E-state index in [1.165, 1.54) is 6.33 Å². The second-order valence-electron chi connectivity index (χ2n) is 18.3. The van der Waals surface area contributed by atoms with E-state index in [0.717, 1.165) is 16.7 Å². The Balaban J connectivity index is 1.55. The third kappa shape index (κ3) is 12.4. The first-order chi connectivity index (χ1) is 33.5. The fraction of sp³-hybridized carbons (Fsp3) is 0.490. The first kappa shape index (κ1) is 53.6. The molecule has 70 heavy (non-hydrogen) atoms. The number of aromatic amines is 1. The molecule has 3 heterocycles. The van der Waals surface area contributed by atoms with Crippen molar-refractivity contribution in [2.75, 3.05) is 52.6 Å². The number of aromatic nitrogens is 4. The van der Waals surface area contributed by atoms with Gasteiger partial charge in [-0.2, -0.15) is 10.2 Å². The van der Waals surface area contributed by atoms with Crippen LogP contribution >= 0.6 is 8.30 Å². The van der Waals surface area contributed by atoms with Crippen LogP contribution in [0.4, 0.5) is 5.95 Å². The molecule has 0 spiro atoms. The Morgan fingerprint density at radius 3 is 2.03 bits per heavy atom. The van der Waals surface area contributed by atoms with Gasteiger partial charge in [0.1, 0.15) is 55.5 Å². The van der Waals surface area contributed by atoms with E-state index in [-0.39, 0.29) is 67.5 Å². The molecule has 3 aromatic carbocycles. The van der Waals surface area contributed by atoms with E-state index in [9.17, 15) is 19.6 Å². The minimum absolute atomic E-state index is 0.00293. The SMILES string of the molecule is COCCOC1C(OP(CC(=O)OC(C)(C)CC#N)N(C(C)C)C(C)C)C(COC(c2ccccc2)(c2ccc(OC)cc2)c2ccc(OC)cc2)OC1n1cnc2c(=O)[nH]c(NC(=O)C(C)C)nc21. The number of nitriles is 1. The number of nitrogens with zero attached hydrogens (tertiary/aromatic N) is 5. The molecular weight excluding hydrogens is 918 g/mol. The number of fused-ring (bicyclic) bond motifs is 1. The minimum Gasteiger partial charge on any atom is -0.497 e. The van der Waals surface area contributed by atoms with Crippen molar-refractivity contribution in [3.05, 3.63) is 112 Å². The number of hydrogen-bond donors (Lipinski definition) is 2. The van der Waals surface area contributed by atoms with Crippen LogP contribution in [0.15, 0.2) is 90.0 Å². The summed E-state index contributed by atoms with van der Waals surface area (Å²) in [6.07, 6.45) is -2.69. The maximum Gasteiger partial charge on any atom is 0.314 e. The monoisotopic (exact) mass is 983 g/mol. The van der Waals surface area contributed by atoms with Crippen LogP contribution in [0.2, 0.25) is 0 Å². The number of imidazole rings is 1. The molecule has 1 fully saturated rings. The van der Waals surface area contributed by atoms with Gasteiger partial charge in [-0.05, 0) is 82.5 Å². The largest absolute Gasteiger partial charge is 0.497 e. The summed E-state index contributed by atoms with van der Waals surface area (Å²) in [4.78, 5) is 52.2. The number of esters is 1. The van der Waals surface area contributed by atoms with Gasteiger partial charge in [-0.3, -0.25) is 33.9 Å². The molecule has 1 aliphatic rings. The van der Waals surface area contributed by atoms with Gasteiger partial charge in [-0.1, -0.05) is 68.4 Å². The summed E-state index contributed by atoms with van der Waals surface area (Å²) < 4.78 is 55.0. The zero-order valence-electron chi connectivity index (χ0n) is 41.8. The normalized spacial score (nSPS) is 17.9. The molecule has 0 radical (unpaired) electrons. The molecular formula is C51H66N7O11P.